The fraction of sp³-hybridized carbons (Fsp3) is 0.536. The molecule has 0 aliphatic carbocycles. The van der Waals surface area contributed by atoms with Crippen molar-refractivity contribution >= 4 is 17.3 Å². The largest absolute Gasteiger partial charge is 0.497 e. The van der Waals surface area contributed by atoms with Crippen molar-refractivity contribution in [3.63, 3.8) is 0 Å². The molecule has 3 aliphatic heterocycles. The number of anilines is 2. The molecule has 0 saturated carbocycles. The monoisotopic (exact) mass is 478 g/mol. The molecule has 0 spiro atoms. The summed E-state index contributed by atoms with van der Waals surface area (Å²) in [6.07, 6.45) is 4.63. The lowest BCUT2D eigenvalue weighted by Crippen LogP contribution is -2.61. The van der Waals surface area contributed by atoms with E-state index in [2.05, 4.69) is 44.3 Å². The Bertz CT molecular complexity index is 1010. The predicted molar refractivity (Wildman–Crippen MR) is 140 cm³/mol. The number of nitrogens with zero attached hydrogens (tertiary/aromatic N) is 3. The van der Waals surface area contributed by atoms with Gasteiger partial charge in [0.05, 0.1) is 26.2 Å². The molecule has 2 fully saturated rings. The van der Waals surface area contributed by atoms with Crippen LogP contribution in [0.15, 0.2) is 42.5 Å². The van der Waals surface area contributed by atoms with Crippen LogP contribution in [0.25, 0.3) is 0 Å². The summed E-state index contributed by atoms with van der Waals surface area (Å²) < 4.78 is 10.9. The van der Waals surface area contributed by atoms with Gasteiger partial charge in [-0.15, -0.1) is 0 Å². The van der Waals surface area contributed by atoms with Crippen LogP contribution in [0.5, 0.6) is 11.5 Å². The minimum Gasteiger partial charge on any atom is -0.497 e. The third kappa shape index (κ3) is 5.20. The molecule has 188 valence electrons. The molecule has 7 nitrogen and oxygen atoms in total. The molecule has 2 aromatic carbocycles. The molecule has 7 heteroatoms. The van der Waals surface area contributed by atoms with Gasteiger partial charge in [-0.1, -0.05) is 12.5 Å². The molecule has 2 aromatic rings. The number of hydrogen-bond donors (Lipinski definition) is 1. The molecule has 5 rings (SSSR count). The van der Waals surface area contributed by atoms with Crippen LogP contribution < -0.4 is 24.6 Å². The van der Waals surface area contributed by atoms with Crippen LogP contribution in [0.4, 0.5) is 11.4 Å². The Kier molecular flexibility index (Phi) is 7.32. The van der Waals surface area contributed by atoms with Crippen molar-refractivity contribution in [3.8, 4) is 11.5 Å². The Labute approximate surface area is 209 Å². The Morgan fingerprint density at radius 2 is 1.69 bits per heavy atom. The fourth-order valence-corrected chi connectivity index (χ4v) is 5.88. The second kappa shape index (κ2) is 10.8. The highest BCUT2D eigenvalue weighted by atomic mass is 16.5. The van der Waals surface area contributed by atoms with Gasteiger partial charge in [-0.2, -0.15) is 0 Å². The zero-order chi connectivity index (χ0) is 24.2. The standard InChI is InChI=1S/C28H38N4O3/c1-34-23-10-7-22(8-11-23)31-16-17-32-26-19-24(35-2)9-6-21(26)18-25(27(32)20-31)28(33)29-12-15-30-13-4-3-5-14-30/h6-11,19,25,27H,3-5,12-18,20H2,1-2H3,(H,29,33)/t25-,27+/m0/s1. The van der Waals surface area contributed by atoms with Crippen LogP contribution in [-0.2, 0) is 11.2 Å². The second-order valence-electron chi connectivity index (χ2n) is 9.90. The first-order chi connectivity index (χ1) is 17.2. The summed E-state index contributed by atoms with van der Waals surface area (Å²) >= 11 is 0. The summed E-state index contributed by atoms with van der Waals surface area (Å²) in [6.45, 7) is 6.56. The minimum atomic E-state index is -0.0849. The fourth-order valence-electron chi connectivity index (χ4n) is 5.88. The molecule has 1 amide bonds. The number of benzene rings is 2. The van der Waals surface area contributed by atoms with Gasteiger partial charge in [0, 0.05) is 50.2 Å². The van der Waals surface area contributed by atoms with Crippen molar-refractivity contribution in [2.45, 2.75) is 31.7 Å². The van der Waals surface area contributed by atoms with Crippen molar-refractivity contribution < 1.29 is 14.3 Å². The van der Waals surface area contributed by atoms with E-state index in [-0.39, 0.29) is 17.9 Å². The van der Waals surface area contributed by atoms with E-state index in [1.165, 1.54) is 36.2 Å². The molecule has 0 unspecified atom stereocenters. The Morgan fingerprint density at radius 1 is 0.943 bits per heavy atom. The maximum absolute atomic E-state index is 13.5. The molecular weight excluding hydrogens is 440 g/mol. The van der Waals surface area contributed by atoms with Gasteiger partial charge < -0.3 is 29.5 Å². The average molecular weight is 479 g/mol. The van der Waals surface area contributed by atoms with E-state index in [9.17, 15) is 4.79 Å². The van der Waals surface area contributed by atoms with Gasteiger partial charge in [0.2, 0.25) is 5.91 Å². The molecule has 35 heavy (non-hydrogen) atoms. The number of amides is 1. The minimum absolute atomic E-state index is 0.0849. The average Bonchev–Trinajstić information content (AvgIpc) is 2.92. The highest BCUT2D eigenvalue weighted by Crippen LogP contribution is 2.39. The first kappa shape index (κ1) is 23.8. The van der Waals surface area contributed by atoms with Gasteiger partial charge in [0.15, 0.2) is 0 Å². The number of carbonyl (C=O) groups is 1. The number of piperidine rings is 1. The molecule has 2 atom stereocenters. The Morgan fingerprint density at radius 3 is 2.43 bits per heavy atom. The summed E-state index contributed by atoms with van der Waals surface area (Å²) in [5.41, 5.74) is 3.61. The van der Waals surface area contributed by atoms with E-state index < -0.39 is 0 Å². The quantitative estimate of drug-likeness (QED) is 0.660. The zero-order valence-electron chi connectivity index (χ0n) is 21.0. The molecule has 0 bridgehead atoms. The smallest absolute Gasteiger partial charge is 0.225 e. The van der Waals surface area contributed by atoms with Crippen molar-refractivity contribution in [2.24, 2.45) is 5.92 Å². The molecule has 0 aromatic heterocycles. The SMILES string of the molecule is COc1ccc(N2CCN3c4cc(OC)ccc4C[C@H](C(=O)NCCN4CCCCC4)[C@H]3C2)cc1. The zero-order valence-corrected chi connectivity index (χ0v) is 21.0. The number of carbonyl (C=O) groups excluding carboxylic acids is 1. The van der Waals surface area contributed by atoms with E-state index in [1.54, 1.807) is 14.2 Å². The van der Waals surface area contributed by atoms with Crippen LogP contribution >= 0.6 is 0 Å². The van der Waals surface area contributed by atoms with Crippen LogP contribution in [0, 0.1) is 5.92 Å². The molecule has 2 saturated heterocycles. The number of hydrogen-bond acceptors (Lipinski definition) is 6. The van der Waals surface area contributed by atoms with Crippen molar-refractivity contribution in [2.75, 3.05) is 69.8 Å². The number of methoxy groups -OCH3 is 2. The highest BCUT2D eigenvalue weighted by Gasteiger charge is 2.41. The molecule has 3 heterocycles. The lowest BCUT2D eigenvalue weighted by Gasteiger charge is -2.49. The Balaban J connectivity index is 1.33. The summed E-state index contributed by atoms with van der Waals surface area (Å²) in [6, 6.07) is 14.6. The number of ether oxygens (including phenoxy) is 2. The van der Waals surface area contributed by atoms with E-state index in [1.807, 2.05) is 18.2 Å². The number of piperazine rings is 1. The van der Waals surface area contributed by atoms with Crippen LogP contribution in [-0.4, -0.2) is 76.9 Å². The third-order valence-electron chi connectivity index (χ3n) is 7.88. The predicted octanol–water partition coefficient (Wildman–Crippen LogP) is 3.17. The third-order valence-corrected chi connectivity index (χ3v) is 7.88. The van der Waals surface area contributed by atoms with Crippen LogP contribution in [0.1, 0.15) is 24.8 Å². The van der Waals surface area contributed by atoms with Crippen molar-refractivity contribution in [1.29, 1.82) is 0 Å². The lowest BCUT2D eigenvalue weighted by molar-refractivity contribution is -0.125. The summed E-state index contributed by atoms with van der Waals surface area (Å²) in [5, 5.41) is 3.29. The van der Waals surface area contributed by atoms with Crippen molar-refractivity contribution in [1.82, 2.24) is 10.2 Å². The first-order valence-corrected chi connectivity index (χ1v) is 13.0. The van der Waals surface area contributed by atoms with Gasteiger partial charge in [-0.25, -0.2) is 0 Å². The van der Waals surface area contributed by atoms with Gasteiger partial charge in [-0.3, -0.25) is 4.79 Å². The number of rotatable bonds is 7. The number of nitrogens with one attached hydrogen (secondary N) is 1. The highest BCUT2D eigenvalue weighted by molar-refractivity contribution is 5.82. The molecular formula is C28H38N4O3. The maximum atomic E-state index is 13.5. The topological polar surface area (TPSA) is 57.3 Å². The lowest BCUT2D eigenvalue weighted by atomic mass is 9.83. The van der Waals surface area contributed by atoms with Crippen molar-refractivity contribution in [3.05, 3.63) is 48.0 Å². The number of fused-ring (bicyclic) bond motifs is 3. The van der Waals surface area contributed by atoms with Gasteiger partial charge >= 0.3 is 0 Å². The van der Waals surface area contributed by atoms with Crippen LogP contribution in [0.3, 0.4) is 0 Å². The molecule has 1 N–H and O–H groups in total. The van der Waals surface area contributed by atoms with E-state index >= 15 is 0 Å². The normalized spacial score (nSPS) is 22.2. The van der Waals surface area contributed by atoms with E-state index in [0.717, 1.165) is 63.7 Å². The second-order valence-corrected chi connectivity index (χ2v) is 9.90. The maximum Gasteiger partial charge on any atom is 0.225 e. The van der Waals surface area contributed by atoms with Gasteiger partial charge in [-0.05, 0) is 68.2 Å². The molecule has 0 radical (unpaired) electrons. The van der Waals surface area contributed by atoms with Gasteiger partial charge in [0.25, 0.3) is 0 Å². The van der Waals surface area contributed by atoms with E-state index in [0.29, 0.717) is 0 Å². The van der Waals surface area contributed by atoms with E-state index in [4.69, 9.17) is 9.47 Å². The summed E-state index contributed by atoms with van der Waals surface area (Å²) in [7, 11) is 3.40. The molecule has 3 aliphatic rings. The van der Waals surface area contributed by atoms with Crippen LogP contribution in [0.2, 0.25) is 0 Å². The number of likely N-dealkylation sites (tertiary alicyclic amines) is 1. The summed E-state index contributed by atoms with van der Waals surface area (Å²) in [5.74, 6) is 1.81. The first-order valence-electron chi connectivity index (χ1n) is 13.0. The summed E-state index contributed by atoms with van der Waals surface area (Å²) in [4.78, 5) is 20.9. The van der Waals surface area contributed by atoms with Gasteiger partial charge in [0.1, 0.15) is 11.5 Å². The Hall–Kier alpha value is -2.93.